The van der Waals surface area contributed by atoms with Crippen molar-refractivity contribution in [3.63, 3.8) is 0 Å². The third-order valence-corrected chi connectivity index (χ3v) is 5.27. The van der Waals surface area contributed by atoms with Crippen LogP contribution in [0.3, 0.4) is 0 Å². The van der Waals surface area contributed by atoms with Gasteiger partial charge >= 0.3 is 0 Å². The van der Waals surface area contributed by atoms with Gasteiger partial charge in [0.15, 0.2) is 5.65 Å². The SMILES string of the molecule is C=Cc1ncc(-c2cnn3cc(Br)c(CN(C)CCOC)nc23)cc1/C=C\CC. The molecule has 3 aromatic heterocycles. The van der Waals surface area contributed by atoms with Gasteiger partial charge in [0.2, 0.25) is 0 Å². The second-order valence-electron chi connectivity index (χ2n) is 6.81. The Kier molecular flexibility index (Phi) is 7.30. The van der Waals surface area contributed by atoms with Crippen LogP contribution in [-0.2, 0) is 11.3 Å². The van der Waals surface area contributed by atoms with E-state index in [0.717, 1.165) is 51.2 Å². The van der Waals surface area contributed by atoms with Crippen LogP contribution in [0, 0.1) is 0 Å². The number of fused-ring (bicyclic) bond motifs is 1. The summed E-state index contributed by atoms with van der Waals surface area (Å²) in [6.45, 7) is 8.21. The first-order chi connectivity index (χ1) is 14.1. The van der Waals surface area contributed by atoms with Crippen LogP contribution in [0.25, 0.3) is 28.9 Å². The number of ether oxygens (including phenoxy) is 1. The van der Waals surface area contributed by atoms with Crippen LogP contribution in [0.4, 0.5) is 0 Å². The third kappa shape index (κ3) is 4.98. The van der Waals surface area contributed by atoms with E-state index >= 15 is 0 Å². The Hall–Kier alpha value is -2.35. The molecule has 0 radical (unpaired) electrons. The van der Waals surface area contributed by atoms with Gasteiger partial charge in [0.1, 0.15) is 0 Å². The Morgan fingerprint density at radius 3 is 2.90 bits per heavy atom. The highest BCUT2D eigenvalue weighted by atomic mass is 79.9. The average Bonchev–Trinajstić information content (AvgIpc) is 3.13. The first-order valence-electron chi connectivity index (χ1n) is 9.57. The molecule has 0 fully saturated rings. The quantitative estimate of drug-likeness (QED) is 0.467. The minimum atomic E-state index is 0.684. The van der Waals surface area contributed by atoms with Gasteiger partial charge in [-0.3, -0.25) is 9.88 Å². The maximum atomic E-state index is 5.17. The van der Waals surface area contributed by atoms with E-state index in [0.29, 0.717) is 13.2 Å². The molecule has 0 aliphatic carbocycles. The van der Waals surface area contributed by atoms with E-state index in [-0.39, 0.29) is 0 Å². The summed E-state index contributed by atoms with van der Waals surface area (Å²) in [4.78, 5) is 11.6. The molecule has 3 rings (SSSR count). The summed E-state index contributed by atoms with van der Waals surface area (Å²) in [5, 5.41) is 4.48. The van der Waals surface area contributed by atoms with Crippen molar-refractivity contribution < 1.29 is 4.74 Å². The molecule has 0 saturated heterocycles. The Bertz CT molecular complexity index is 1030. The second kappa shape index (κ2) is 9.91. The van der Waals surface area contributed by atoms with Crippen molar-refractivity contribution in [2.45, 2.75) is 19.9 Å². The Balaban J connectivity index is 2.01. The van der Waals surface area contributed by atoms with Crippen LogP contribution in [-0.4, -0.2) is 51.8 Å². The fourth-order valence-corrected chi connectivity index (χ4v) is 3.42. The molecule has 3 heterocycles. The molecule has 0 bridgehead atoms. The van der Waals surface area contributed by atoms with Gasteiger partial charge in [-0.2, -0.15) is 5.10 Å². The molecule has 0 unspecified atom stereocenters. The summed E-state index contributed by atoms with van der Waals surface area (Å²) < 4.78 is 7.88. The zero-order valence-electron chi connectivity index (χ0n) is 17.1. The van der Waals surface area contributed by atoms with Gasteiger partial charge in [-0.05, 0) is 41.5 Å². The van der Waals surface area contributed by atoms with E-state index in [2.05, 4.69) is 69.7 Å². The molecule has 152 valence electrons. The number of hydrogen-bond acceptors (Lipinski definition) is 5. The highest BCUT2D eigenvalue weighted by Crippen LogP contribution is 2.27. The molecule has 0 aromatic carbocycles. The van der Waals surface area contributed by atoms with Crippen LogP contribution in [0.15, 0.2) is 41.8 Å². The fourth-order valence-electron chi connectivity index (χ4n) is 3.01. The lowest BCUT2D eigenvalue weighted by Crippen LogP contribution is -2.23. The van der Waals surface area contributed by atoms with Crippen molar-refractivity contribution >= 4 is 33.7 Å². The molecule has 0 saturated carbocycles. The molecule has 29 heavy (non-hydrogen) atoms. The van der Waals surface area contributed by atoms with Crippen LogP contribution in [0.5, 0.6) is 0 Å². The monoisotopic (exact) mass is 455 g/mol. The van der Waals surface area contributed by atoms with Gasteiger partial charge in [-0.25, -0.2) is 9.50 Å². The normalized spacial score (nSPS) is 11.8. The molecule has 0 N–H and O–H groups in total. The molecule has 6 nitrogen and oxygen atoms in total. The molecular weight excluding hydrogens is 430 g/mol. The summed E-state index contributed by atoms with van der Waals surface area (Å²) in [5.74, 6) is 0. The highest BCUT2D eigenvalue weighted by Gasteiger charge is 2.14. The lowest BCUT2D eigenvalue weighted by atomic mass is 10.1. The predicted octanol–water partition coefficient (Wildman–Crippen LogP) is 4.70. The number of methoxy groups -OCH3 is 1. The van der Waals surface area contributed by atoms with E-state index < -0.39 is 0 Å². The largest absolute Gasteiger partial charge is 0.383 e. The lowest BCUT2D eigenvalue weighted by molar-refractivity contribution is 0.158. The van der Waals surface area contributed by atoms with Crippen LogP contribution in [0.2, 0.25) is 0 Å². The summed E-state index contributed by atoms with van der Waals surface area (Å²) in [6.07, 6.45) is 12.6. The summed E-state index contributed by atoms with van der Waals surface area (Å²) >= 11 is 3.62. The van der Waals surface area contributed by atoms with E-state index in [1.54, 1.807) is 17.7 Å². The minimum absolute atomic E-state index is 0.684. The number of hydrogen-bond donors (Lipinski definition) is 0. The minimum Gasteiger partial charge on any atom is -0.383 e. The molecule has 0 aliphatic heterocycles. The Morgan fingerprint density at radius 2 is 2.17 bits per heavy atom. The van der Waals surface area contributed by atoms with Gasteiger partial charge < -0.3 is 4.74 Å². The first-order valence-corrected chi connectivity index (χ1v) is 10.4. The first kappa shape index (κ1) is 21.4. The average molecular weight is 456 g/mol. The van der Waals surface area contributed by atoms with Crippen molar-refractivity contribution in [2.75, 3.05) is 27.3 Å². The summed E-state index contributed by atoms with van der Waals surface area (Å²) in [7, 11) is 3.77. The van der Waals surface area contributed by atoms with Crippen molar-refractivity contribution in [1.29, 1.82) is 0 Å². The van der Waals surface area contributed by atoms with Crippen molar-refractivity contribution in [3.8, 4) is 11.1 Å². The number of nitrogens with zero attached hydrogens (tertiary/aromatic N) is 5. The van der Waals surface area contributed by atoms with Crippen molar-refractivity contribution in [2.24, 2.45) is 0 Å². The molecule has 0 amide bonds. The number of likely N-dealkylation sites (N-methyl/N-ethyl adjacent to an activating group) is 1. The van der Waals surface area contributed by atoms with Gasteiger partial charge in [-0.15, -0.1) is 0 Å². The van der Waals surface area contributed by atoms with Gasteiger partial charge in [0.05, 0.1) is 28.7 Å². The number of allylic oxidation sites excluding steroid dienone is 1. The Labute approximate surface area is 180 Å². The van der Waals surface area contributed by atoms with E-state index in [1.807, 2.05) is 18.6 Å². The van der Waals surface area contributed by atoms with Crippen LogP contribution >= 0.6 is 15.9 Å². The standard InChI is InChI=1S/C22H26BrN5O/c1-5-7-8-16-11-17(12-24-20(16)6-2)18-13-25-28-14-19(23)21(26-22(18)28)15-27(3)9-10-29-4/h6-8,11-14H,2,5,9-10,15H2,1,3-4H3/b8-7-. The smallest absolute Gasteiger partial charge is 0.163 e. The van der Waals surface area contributed by atoms with Crippen LogP contribution in [0.1, 0.15) is 30.3 Å². The summed E-state index contributed by atoms with van der Waals surface area (Å²) in [5.41, 5.74) is 5.60. The number of aromatic nitrogens is 4. The lowest BCUT2D eigenvalue weighted by Gasteiger charge is -2.16. The zero-order valence-corrected chi connectivity index (χ0v) is 18.7. The van der Waals surface area contributed by atoms with Crippen molar-refractivity contribution in [1.82, 2.24) is 24.5 Å². The number of rotatable bonds is 9. The fraction of sp³-hybridized carbons (Fsp3) is 0.318. The summed E-state index contributed by atoms with van der Waals surface area (Å²) in [6, 6.07) is 2.11. The van der Waals surface area contributed by atoms with Gasteiger partial charge in [0.25, 0.3) is 0 Å². The van der Waals surface area contributed by atoms with Gasteiger partial charge in [-0.1, -0.05) is 25.7 Å². The van der Waals surface area contributed by atoms with E-state index in [1.165, 1.54) is 0 Å². The Morgan fingerprint density at radius 1 is 1.34 bits per heavy atom. The zero-order chi connectivity index (χ0) is 20.8. The second-order valence-corrected chi connectivity index (χ2v) is 7.66. The topological polar surface area (TPSA) is 55.5 Å². The van der Waals surface area contributed by atoms with Crippen molar-refractivity contribution in [3.05, 3.63) is 58.7 Å². The molecule has 0 spiro atoms. The molecule has 7 heteroatoms. The molecule has 0 atom stereocenters. The molecular formula is C22H26BrN5O. The third-order valence-electron chi connectivity index (χ3n) is 4.61. The maximum Gasteiger partial charge on any atom is 0.163 e. The van der Waals surface area contributed by atoms with E-state index in [4.69, 9.17) is 9.72 Å². The van der Waals surface area contributed by atoms with E-state index in [9.17, 15) is 0 Å². The van der Waals surface area contributed by atoms with Gasteiger partial charge in [0, 0.05) is 49.3 Å². The maximum absolute atomic E-state index is 5.17. The highest BCUT2D eigenvalue weighted by molar-refractivity contribution is 9.10. The predicted molar refractivity (Wildman–Crippen MR) is 122 cm³/mol. The number of pyridine rings is 1. The molecule has 3 aromatic rings. The van der Waals surface area contributed by atoms with Crippen LogP contribution < -0.4 is 0 Å². The number of halogens is 1. The molecule has 0 aliphatic rings.